The first-order valence-corrected chi connectivity index (χ1v) is 7.36. The molecule has 1 saturated carbocycles. The molecule has 0 saturated heterocycles. The number of halogens is 1. The topological polar surface area (TPSA) is 26.0 Å². The minimum absolute atomic E-state index is 0.205. The highest BCUT2D eigenvalue weighted by Gasteiger charge is 2.46. The quantitative estimate of drug-likeness (QED) is 0.781. The fraction of sp³-hybridized carbons (Fsp3) is 0.714. The summed E-state index contributed by atoms with van der Waals surface area (Å²) in [5.74, 6) is 0. The van der Waals surface area contributed by atoms with Crippen molar-refractivity contribution in [2.45, 2.75) is 52.5 Å². The Morgan fingerprint density at radius 3 is 2.00 bits per heavy atom. The van der Waals surface area contributed by atoms with Gasteiger partial charge in [-0.3, -0.25) is 0 Å². The van der Waals surface area contributed by atoms with Crippen LogP contribution < -0.4 is 5.73 Å². The van der Waals surface area contributed by atoms with E-state index >= 15 is 0 Å². The zero-order valence-electron chi connectivity index (χ0n) is 11.1. The van der Waals surface area contributed by atoms with Crippen LogP contribution in [0.2, 0.25) is 4.34 Å². The molecule has 0 amide bonds. The molecular formula is C14H22ClNS. The van der Waals surface area contributed by atoms with Gasteiger partial charge in [0.1, 0.15) is 0 Å². The van der Waals surface area contributed by atoms with Crippen LogP contribution in [0.15, 0.2) is 12.1 Å². The van der Waals surface area contributed by atoms with Gasteiger partial charge in [0.25, 0.3) is 0 Å². The van der Waals surface area contributed by atoms with Crippen LogP contribution in [0, 0.1) is 10.8 Å². The van der Waals surface area contributed by atoms with Crippen LogP contribution >= 0.6 is 22.9 Å². The fourth-order valence-electron chi connectivity index (χ4n) is 3.95. The molecule has 0 aliphatic heterocycles. The van der Waals surface area contributed by atoms with E-state index in [0.29, 0.717) is 10.8 Å². The molecule has 0 atom stereocenters. The van der Waals surface area contributed by atoms with Crippen molar-refractivity contribution in [1.29, 1.82) is 0 Å². The summed E-state index contributed by atoms with van der Waals surface area (Å²) in [5, 5.41) is 0. The molecule has 1 aliphatic rings. The van der Waals surface area contributed by atoms with Gasteiger partial charge >= 0.3 is 0 Å². The highest BCUT2D eigenvalue weighted by atomic mass is 35.5. The van der Waals surface area contributed by atoms with Gasteiger partial charge in [0.05, 0.1) is 9.88 Å². The van der Waals surface area contributed by atoms with Crippen LogP contribution in [0.4, 0.5) is 0 Å². The van der Waals surface area contributed by atoms with Crippen molar-refractivity contribution in [1.82, 2.24) is 0 Å². The van der Waals surface area contributed by atoms with Crippen molar-refractivity contribution >= 4 is 22.9 Å². The zero-order valence-corrected chi connectivity index (χ0v) is 12.7. The smallest absolute Gasteiger partial charge is 0.0931 e. The van der Waals surface area contributed by atoms with Crippen molar-refractivity contribution in [3.8, 4) is 0 Å². The molecule has 0 unspecified atom stereocenters. The van der Waals surface area contributed by atoms with Crippen molar-refractivity contribution in [3.63, 3.8) is 0 Å². The second kappa shape index (κ2) is 3.97. The van der Waals surface area contributed by atoms with Crippen LogP contribution in [0.5, 0.6) is 0 Å². The molecule has 1 aromatic heterocycles. The maximum atomic E-state index is 6.70. The zero-order chi connectivity index (χ0) is 12.9. The van der Waals surface area contributed by atoms with Crippen molar-refractivity contribution < 1.29 is 0 Å². The molecule has 17 heavy (non-hydrogen) atoms. The van der Waals surface area contributed by atoms with Gasteiger partial charge in [0.15, 0.2) is 0 Å². The van der Waals surface area contributed by atoms with E-state index in [9.17, 15) is 0 Å². The third-order valence-electron chi connectivity index (χ3n) is 3.61. The van der Waals surface area contributed by atoms with Gasteiger partial charge in [-0.05, 0) is 42.2 Å². The molecule has 0 radical (unpaired) electrons. The van der Waals surface area contributed by atoms with Crippen LogP contribution in [0.3, 0.4) is 0 Å². The van der Waals surface area contributed by atoms with Crippen LogP contribution in [-0.4, -0.2) is 0 Å². The van der Waals surface area contributed by atoms with Crippen LogP contribution in [0.25, 0.3) is 0 Å². The van der Waals surface area contributed by atoms with Gasteiger partial charge in [-0.15, -0.1) is 11.3 Å². The summed E-state index contributed by atoms with van der Waals surface area (Å²) in [4.78, 5) is 1.24. The summed E-state index contributed by atoms with van der Waals surface area (Å²) < 4.78 is 0.839. The van der Waals surface area contributed by atoms with E-state index in [4.69, 9.17) is 17.3 Å². The Balaban J connectivity index is 2.36. The molecule has 1 aromatic rings. The van der Waals surface area contributed by atoms with Gasteiger partial charge in [0.2, 0.25) is 0 Å². The molecular weight excluding hydrogens is 250 g/mol. The van der Waals surface area contributed by atoms with Gasteiger partial charge in [0, 0.05) is 4.88 Å². The minimum Gasteiger partial charge on any atom is -0.321 e. The lowest BCUT2D eigenvalue weighted by Crippen LogP contribution is -2.49. The summed E-state index contributed by atoms with van der Waals surface area (Å²) >= 11 is 7.68. The maximum Gasteiger partial charge on any atom is 0.0931 e. The SMILES string of the molecule is CC1(C)CC(C)(C)CC(N)(c2ccc(Cl)s2)C1. The first-order chi connectivity index (χ1) is 7.62. The Bertz CT molecular complexity index is 404. The molecule has 1 nitrogen and oxygen atoms in total. The lowest BCUT2D eigenvalue weighted by atomic mass is 9.58. The first-order valence-electron chi connectivity index (χ1n) is 6.17. The average molecular weight is 272 g/mol. The van der Waals surface area contributed by atoms with Crippen molar-refractivity contribution in [2.75, 3.05) is 0 Å². The van der Waals surface area contributed by atoms with Gasteiger partial charge in [-0.2, -0.15) is 0 Å². The van der Waals surface area contributed by atoms with E-state index in [1.54, 1.807) is 11.3 Å². The Kier molecular flexibility index (Phi) is 3.13. The maximum absolute atomic E-state index is 6.70. The molecule has 3 heteroatoms. The summed E-state index contributed by atoms with van der Waals surface area (Å²) in [6.45, 7) is 9.30. The van der Waals surface area contributed by atoms with Crippen molar-refractivity contribution in [3.05, 3.63) is 21.3 Å². The van der Waals surface area contributed by atoms with Gasteiger partial charge < -0.3 is 5.73 Å². The summed E-state index contributed by atoms with van der Waals surface area (Å²) in [7, 11) is 0. The lowest BCUT2D eigenvalue weighted by Gasteiger charge is -2.50. The van der Waals surface area contributed by atoms with E-state index in [1.165, 1.54) is 11.3 Å². The monoisotopic (exact) mass is 271 g/mol. The number of hydrogen-bond acceptors (Lipinski definition) is 2. The Hall–Kier alpha value is -0.0500. The summed E-state index contributed by atoms with van der Waals surface area (Å²) in [5.41, 5.74) is 7.09. The average Bonchev–Trinajstić information content (AvgIpc) is 2.44. The van der Waals surface area contributed by atoms with E-state index < -0.39 is 0 Å². The van der Waals surface area contributed by atoms with E-state index in [-0.39, 0.29) is 5.54 Å². The standard InChI is InChI=1S/C14H22ClNS/c1-12(2)7-13(3,4)9-14(16,8-12)10-5-6-11(15)17-10/h5-6H,7-9,16H2,1-4H3. The van der Waals surface area contributed by atoms with Crippen LogP contribution in [-0.2, 0) is 5.54 Å². The van der Waals surface area contributed by atoms with E-state index in [0.717, 1.165) is 17.2 Å². The third kappa shape index (κ3) is 2.86. The number of thiophene rings is 1. The summed E-state index contributed by atoms with van der Waals surface area (Å²) in [6.07, 6.45) is 3.32. The number of rotatable bonds is 1. The molecule has 2 N–H and O–H groups in total. The Labute approximate surface area is 113 Å². The van der Waals surface area contributed by atoms with E-state index in [1.807, 2.05) is 6.07 Å². The Morgan fingerprint density at radius 1 is 1.06 bits per heavy atom. The van der Waals surface area contributed by atoms with Gasteiger partial charge in [-0.1, -0.05) is 39.3 Å². The number of hydrogen-bond donors (Lipinski definition) is 1. The second-order valence-electron chi connectivity index (χ2n) is 7.12. The first kappa shape index (κ1) is 13.4. The third-order valence-corrected chi connectivity index (χ3v) is 5.06. The largest absolute Gasteiger partial charge is 0.321 e. The highest BCUT2D eigenvalue weighted by molar-refractivity contribution is 7.16. The molecule has 2 rings (SSSR count). The predicted octanol–water partition coefficient (Wildman–Crippen LogP) is 4.79. The minimum atomic E-state index is -0.205. The molecule has 96 valence electrons. The second-order valence-corrected chi connectivity index (χ2v) is 8.83. The molecule has 1 fully saturated rings. The fourth-order valence-corrected chi connectivity index (χ4v) is 5.09. The molecule has 0 aromatic carbocycles. The van der Waals surface area contributed by atoms with Gasteiger partial charge in [-0.25, -0.2) is 0 Å². The number of nitrogens with two attached hydrogens (primary N) is 1. The molecule has 1 heterocycles. The summed E-state index contributed by atoms with van der Waals surface area (Å²) in [6, 6.07) is 4.06. The predicted molar refractivity (Wildman–Crippen MR) is 76.6 cm³/mol. The van der Waals surface area contributed by atoms with E-state index in [2.05, 4.69) is 33.8 Å². The molecule has 0 spiro atoms. The highest BCUT2D eigenvalue weighted by Crippen LogP contribution is 2.53. The van der Waals surface area contributed by atoms with Crippen LogP contribution in [0.1, 0.15) is 51.8 Å². The Morgan fingerprint density at radius 2 is 1.59 bits per heavy atom. The lowest BCUT2D eigenvalue weighted by molar-refractivity contribution is 0.0488. The normalized spacial score (nSPS) is 25.8. The molecule has 0 bridgehead atoms. The molecule has 1 aliphatic carbocycles. The van der Waals surface area contributed by atoms with Crippen molar-refractivity contribution in [2.24, 2.45) is 16.6 Å².